The third-order valence-electron chi connectivity index (χ3n) is 7.36. The van der Waals surface area contributed by atoms with Gasteiger partial charge in [0.15, 0.2) is 0 Å². The maximum absolute atomic E-state index is 12.9. The van der Waals surface area contributed by atoms with Crippen molar-refractivity contribution in [2.45, 2.75) is 45.7 Å². The van der Waals surface area contributed by atoms with Crippen LogP contribution in [0.4, 0.5) is 0 Å². The number of carbonyl (C=O) groups excluding carboxylic acids is 1. The summed E-state index contributed by atoms with van der Waals surface area (Å²) < 4.78 is 4.18. The van der Waals surface area contributed by atoms with Crippen molar-refractivity contribution in [1.29, 1.82) is 5.41 Å². The van der Waals surface area contributed by atoms with Crippen LogP contribution >= 0.6 is 0 Å². The monoisotopic (exact) mass is 517 g/mol. The Balaban J connectivity index is 1.53. The highest BCUT2D eigenvalue weighted by atomic mass is 16.1. The van der Waals surface area contributed by atoms with E-state index in [2.05, 4.69) is 101 Å². The molecule has 5 aromatic rings. The number of para-hydroxylation sites is 2. The number of fused-ring (bicyclic) bond motifs is 1. The lowest BCUT2D eigenvalue weighted by molar-refractivity contribution is -0.120. The van der Waals surface area contributed by atoms with E-state index in [0.29, 0.717) is 18.6 Å². The molecule has 5 rings (SSSR count). The number of rotatable bonds is 9. The fraction of sp³-hybridized carbons (Fsp3) is 0.242. The van der Waals surface area contributed by atoms with Crippen LogP contribution in [0.3, 0.4) is 0 Å². The first-order valence-corrected chi connectivity index (χ1v) is 13.5. The van der Waals surface area contributed by atoms with Gasteiger partial charge in [0.25, 0.3) is 0 Å². The highest BCUT2D eigenvalue weighted by molar-refractivity contribution is 5.78. The number of aryl methyl sites for hydroxylation is 2. The van der Waals surface area contributed by atoms with Gasteiger partial charge in [-0.1, -0.05) is 77.9 Å². The van der Waals surface area contributed by atoms with Crippen molar-refractivity contribution >= 4 is 16.9 Å². The zero-order valence-electron chi connectivity index (χ0n) is 22.8. The Morgan fingerprint density at radius 1 is 0.846 bits per heavy atom. The highest BCUT2D eigenvalue weighted by Crippen LogP contribution is 2.26. The first-order valence-electron chi connectivity index (χ1n) is 13.5. The van der Waals surface area contributed by atoms with E-state index >= 15 is 0 Å². The average Bonchev–Trinajstić information content (AvgIpc) is 3.24. The highest BCUT2D eigenvalue weighted by Gasteiger charge is 2.23. The maximum atomic E-state index is 12.9. The number of amides is 1. The first kappa shape index (κ1) is 26.2. The molecule has 0 fully saturated rings. The van der Waals surface area contributed by atoms with Gasteiger partial charge < -0.3 is 14.5 Å². The van der Waals surface area contributed by atoms with Gasteiger partial charge in [-0.3, -0.25) is 15.2 Å². The van der Waals surface area contributed by atoms with E-state index in [1.807, 2.05) is 30.3 Å². The minimum atomic E-state index is -0.149. The molecule has 0 radical (unpaired) electrons. The summed E-state index contributed by atoms with van der Waals surface area (Å²) in [6.07, 6.45) is 2.62. The number of pyridine rings is 1. The smallest absolute Gasteiger partial charge is 0.226 e. The summed E-state index contributed by atoms with van der Waals surface area (Å²) in [5.74, 6) is -0.0773. The predicted molar refractivity (Wildman–Crippen MR) is 156 cm³/mol. The summed E-state index contributed by atoms with van der Waals surface area (Å²) in [5.41, 5.74) is 7.88. The van der Waals surface area contributed by atoms with Crippen LogP contribution in [0.25, 0.3) is 11.0 Å². The van der Waals surface area contributed by atoms with Gasteiger partial charge in [0, 0.05) is 18.4 Å². The van der Waals surface area contributed by atoms with Crippen molar-refractivity contribution in [3.8, 4) is 0 Å². The molecule has 2 aromatic heterocycles. The van der Waals surface area contributed by atoms with Gasteiger partial charge in [0.2, 0.25) is 11.5 Å². The number of nitrogens with zero attached hydrogens (tertiary/aromatic N) is 3. The molecule has 2 N–H and O–H groups in total. The van der Waals surface area contributed by atoms with Crippen molar-refractivity contribution in [3.05, 3.63) is 131 Å². The standard InChI is InChI=1S/C33H35N5O/c1-23-11-15-26(16-12-23)20-29(22-36-32(39)21-28-8-6-7-19-35-28)38-31-10-5-4-9-30(31)37(33(38)34)25(3)27-17-13-24(2)14-18-27/h4-19,25,29,34H,20-22H2,1-3H3,(H,36,39)/t25?,29-/m0/s1. The quantitative estimate of drug-likeness (QED) is 0.264. The van der Waals surface area contributed by atoms with Crippen molar-refractivity contribution in [1.82, 2.24) is 19.4 Å². The van der Waals surface area contributed by atoms with Crippen LogP contribution in [0.2, 0.25) is 0 Å². The number of carbonyl (C=O) groups is 1. The zero-order valence-corrected chi connectivity index (χ0v) is 22.8. The SMILES string of the molecule is Cc1ccc(C[C@@H](CNC(=O)Cc2ccccn2)n2c(=N)n(C(C)c3ccc(C)cc3)c3ccccc32)cc1. The van der Waals surface area contributed by atoms with Crippen molar-refractivity contribution in [2.75, 3.05) is 6.54 Å². The second kappa shape index (κ2) is 11.5. The van der Waals surface area contributed by atoms with Gasteiger partial charge in [0.1, 0.15) is 0 Å². The Morgan fingerprint density at radius 2 is 1.46 bits per heavy atom. The van der Waals surface area contributed by atoms with Crippen molar-refractivity contribution in [2.24, 2.45) is 0 Å². The number of benzene rings is 3. The van der Waals surface area contributed by atoms with Crippen LogP contribution in [-0.4, -0.2) is 26.6 Å². The van der Waals surface area contributed by atoms with Crippen molar-refractivity contribution in [3.63, 3.8) is 0 Å². The maximum Gasteiger partial charge on any atom is 0.226 e. The molecule has 2 atom stereocenters. The lowest BCUT2D eigenvalue weighted by Crippen LogP contribution is -2.37. The molecule has 0 aliphatic carbocycles. The summed E-state index contributed by atoms with van der Waals surface area (Å²) in [4.78, 5) is 17.2. The fourth-order valence-corrected chi connectivity index (χ4v) is 5.18. The molecule has 0 aliphatic rings. The third-order valence-corrected chi connectivity index (χ3v) is 7.36. The Labute approximate surface area is 229 Å². The molecule has 2 heterocycles. The minimum absolute atomic E-state index is 0.0250. The van der Waals surface area contributed by atoms with Gasteiger partial charge in [-0.15, -0.1) is 0 Å². The fourth-order valence-electron chi connectivity index (χ4n) is 5.18. The van der Waals surface area contributed by atoms with E-state index in [9.17, 15) is 10.2 Å². The average molecular weight is 518 g/mol. The summed E-state index contributed by atoms with van der Waals surface area (Å²) in [5, 5.41) is 12.5. The molecule has 0 saturated carbocycles. The van der Waals surface area contributed by atoms with E-state index in [0.717, 1.165) is 22.3 Å². The lowest BCUT2D eigenvalue weighted by atomic mass is 10.0. The number of hydrogen-bond donors (Lipinski definition) is 2. The van der Waals surface area contributed by atoms with E-state index in [1.165, 1.54) is 16.7 Å². The molecular weight excluding hydrogens is 482 g/mol. The molecule has 39 heavy (non-hydrogen) atoms. The lowest BCUT2D eigenvalue weighted by Gasteiger charge is -2.21. The molecule has 3 aromatic carbocycles. The Hall–Kier alpha value is -4.45. The zero-order chi connectivity index (χ0) is 27.4. The molecular formula is C33H35N5O. The number of hydrogen-bond acceptors (Lipinski definition) is 3. The van der Waals surface area contributed by atoms with Crippen LogP contribution in [-0.2, 0) is 17.6 Å². The third kappa shape index (κ3) is 5.85. The number of nitrogens with one attached hydrogen (secondary N) is 2. The van der Waals surface area contributed by atoms with E-state index < -0.39 is 0 Å². The summed E-state index contributed by atoms with van der Waals surface area (Å²) in [6.45, 7) is 6.71. The molecule has 6 heteroatoms. The van der Waals surface area contributed by atoms with Crippen LogP contribution < -0.4 is 10.9 Å². The number of aromatic nitrogens is 3. The van der Waals surface area contributed by atoms with Crippen LogP contribution in [0, 0.1) is 19.3 Å². The van der Waals surface area contributed by atoms with Gasteiger partial charge in [-0.25, -0.2) is 0 Å². The largest absolute Gasteiger partial charge is 0.354 e. The number of imidazole rings is 1. The van der Waals surface area contributed by atoms with E-state index in [4.69, 9.17) is 0 Å². The Bertz CT molecular complexity index is 1620. The second-order valence-corrected chi connectivity index (χ2v) is 10.3. The van der Waals surface area contributed by atoms with E-state index in [1.54, 1.807) is 6.20 Å². The molecule has 1 amide bonds. The molecule has 0 aliphatic heterocycles. The summed E-state index contributed by atoms with van der Waals surface area (Å²) in [6, 6.07) is 30.6. The first-order chi connectivity index (χ1) is 18.9. The van der Waals surface area contributed by atoms with Crippen LogP contribution in [0.15, 0.2) is 97.2 Å². The minimum Gasteiger partial charge on any atom is -0.354 e. The predicted octanol–water partition coefficient (Wildman–Crippen LogP) is 5.69. The van der Waals surface area contributed by atoms with Gasteiger partial charge in [0.05, 0.1) is 29.5 Å². The van der Waals surface area contributed by atoms with Gasteiger partial charge in [-0.05, 0) is 62.6 Å². The Kier molecular flexibility index (Phi) is 7.73. The normalized spacial score (nSPS) is 12.8. The molecule has 6 nitrogen and oxygen atoms in total. The molecule has 1 unspecified atom stereocenters. The molecule has 0 spiro atoms. The van der Waals surface area contributed by atoms with Crippen LogP contribution in [0.1, 0.15) is 47.0 Å². The Morgan fingerprint density at radius 3 is 2.10 bits per heavy atom. The van der Waals surface area contributed by atoms with Gasteiger partial charge in [-0.2, -0.15) is 0 Å². The molecule has 0 saturated heterocycles. The summed E-state index contributed by atoms with van der Waals surface area (Å²) >= 11 is 0. The summed E-state index contributed by atoms with van der Waals surface area (Å²) in [7, 11) is 0. The van der Waals surface area contributed by atoms with Crippen LogP contribution in [0.5, 0.6) is 0 Å². The second-order valence-electron chi connectivity index (χ2n) is 10.3. The van der Waals surface area contributed by atoms with Gasteiger partial charge >= 0.3 is 0 Å². The van der Waals surface area contributed by atoms with Crippen molar-refractivity contribution < 1.29 is 4.79 Å². The topological polar surface area (TPSA) is 75.7 Å². The molecule has 198 valence electrons. The molecule has 0 bridgehead atoms. The van der Waals surface area contributed by atoms with E-state index in [-0.39, 0.29) is 24.4 Å².